The van der Waals surface area contributed by atoms with Crippen molar-refractivity contribution < 1.29 is 4.39 Å². The summed E-state index contributed by atoms with van der Waals surface area (Å²) >= 11 is 1.62. The lowest BCUT2D eigenvalue weighted by molar-refractivity contribution is 0.628. The van der Waals surface area contributed by atoms with Crippen molar-refractivity contribution in [2.24, 2.45) is 0 Å². The molecule has 0 atom stereocenters. The zero-order valence-corrected chi connectivity index (χ0v) is 16.1. The maximum Gasteiger partial charge on any atom is 0.185 e. The Bertz CT molecular complexity index is 1110. The Labute approximate surface area is 165 Å². The van der Waals surface area contributed by atoms with Crippen LogP contribution in [0.25, 0.3) is 16.9 Å². The minimum absolute atomic E-state index is 0.233. The number of nitrogens with zero attached hydrogens (tertiary/aromatic N) is 7. The SMILES string of the molecule is Cc1nnc2ccc(N3CCN(c4nc(-c5ccc(F)cc5)cs4)CC3)nn12. The van der Waals surface area contributed by atoms with Gasteiger partial charge in [0.05, 0.1) is 5.69 Å². The first kappa shape index (κ1) is 17.1. The highest BCUT2D eigenvalue weighted by atomic mass is 32.1. The molecule has 28 heavy (non-hydrogen) atoms. The van der Waals surface area contributed by atoms with Crippen LogP contribution >= 0.6 is 11.3 Å². The predicted octanol–water partition coefficient (Wildman–Crippen LogP) is 3.02. The van der Waals surface area contributed by atoms with Crippen LogP contribution in [0.15, 0.2) is 41.8 Å². The second-order valence-electron chi connectivity index (χ2n) is 6.71. The third-order valence-corrected chi connectivity index (χ3v) is 5.81. The molecule has 4 aromatic rings. The molecule has 1 aliphatic rings. The van der Waals surface area contributed by atoms with Gasteiger partial charge >= 0.3 is 0 Å². The van der Waals surface area contributed by atoms with Gasteiger partial charge in [0.15, 0.2) is 16.6 Å². The summed E-state index contributed by atoms with van der Waals surface area (Å²) in [6.07, 6.45) is 0. The molecular weight excluding hydrogens is 377 g/mol. The Balaban J connectivity index is 1.29. The fourth-order valence-corrected chi connectivity index (χ4v) is 4.23. The van der Waals surface area contributed by atoms with Crippen LogP contribution in [-0.4, -0.2) is 51.0 Å². The van der Waals surface area contributed by atoms with Gasteiger partial charge in [0.25, 0.3) is 0 Å². The molecule has 0 bridgehead atoms. The quantitative estimate of drug-likeness (QED) is 0.531. The van der Waals surface area contributed by atoms with E-state index in [1.54, 1.807) is 28.0 Å². The number of aromatic nitrogens is 5. The van der Waals surface area contributed by atoms with E-state index in [4.69, 9.17) is 4.98 Å². The molecule has 0 aliphatic carbocycles. The van der Waals surface area contributed by atoms with E-state index in [0.717, 1.165) is 59.9 Å². The summed E-state index contributed by atoms with van der Waals surface area (Å²) in [5.41, 5.74) is 2.58. The Hall–Kier alpha value is -3.07. The predicted molar refractivity (Wildman–Crippen MR) is 107 cm³/mol. The standard InChI is InChI=1S/C19H18FN7S/c1-13-22-23-17-6-7-18(24-27(13)17)25-8-10-26(11-9-25)19-21-16(12-28-19)14-2-4-15(20)5-3-14/h2-7,12H,8-11H2,1H3. The van der Waals surface area contributed by atoms with Gasteiger partial charge in [-0.3, -0.25) is 0 Å². The van der Waals surface area contributed by atoms with Gasteiger partial charge in [0, 0.05) is 37.1 Å². The van der Waals surface area contributed by atoms with Crippen molar-refractivity contribution in [2.75, 3.05) is 36.0 Å². The van der Waals surface area contributed by atoms with Crippen LogP contribution in [0.1, 0.15) is 5.82 Å². The van der Waals surface area contributed by atoms with Crippen molar-refractivity contribution in [3.05, 3.63) is 53.4 Å². The molecule has 9 heteroatoms. The number of benzene rings is 1. The van der Waals surface area contributed by atoms with Gasteiger partial charge in [-0.15, -0.1) is 26.6 Å². The second-order valence-corrected chi connectivity index (χ2v) is 7.54. The van der Waals surface area contributed by atoms with E-state index < -0.39 is 0 Å². The minimum Gasteiger partial charge on any atom is -0.352 e. The van der Waals surface area contributed by atoms with Crippen molar-refractivity contribution in [1.82, 2.24) is 24.8 Å². The summed E-state index contributed by atoms with van der Waals surface area (Å²) in [5.74, 6) is 1.48. The minimum atomic E-state index is -0.233. The first-order chi connectivity index (χ1) is 13.7. The molecule has 1 aliphatic heterocycles. The normalized spacial score (nSPS) is 14.8. The molecule has 0 saturated carbocycles. The summed E-state index contributed by atoms with van der Waals surface area (Å²) in [6.45, 7) is 5.38. The second kappa shape index (κ2) is 6.83. The summed E-state index contributed by atoms with van der Waals surface area (Å²) in [7, 11) is 0. The van der Waals surface area contributed by atoms with Crippen LogP contribution in [0, 0.1) is 12.7 Å². The average molecular weight is 395 g/mol. The molecule has 142 valence electrons. The molecule has 0 spiro atoms. The highest BCUT2D eigenvalue weighted by molar-refractivity contribution is 7.14. The van der Waals surface area contributed by atoms with Gasteiger partial charge in [0.1, 0.15) is 11.6 Å². The molecule has 1 aromatic carbocycles. The van der Waals surface area contributed by atoms with Crippen molar-refractivity contribution >= 4 is 27.9 Å². The molecule has 0 N–H and O–H groups in total. The molecule has 0 unspecified atom stereocenters. The molecule has 0 radical (unpaired) electrons. The third-order valence-electron chi connectivity index (χ3n) is 4.91. The highest BCUT2D eigenvalue weighted by Crippen LogP contribution is 2.28. The molecule has 5 rings (SSSR count). The number of halogens is 1. The van der Waals surface area contributed by atoms with Crippen LogP contribution < -0.4 is 9.80 Å². The van der Waals surface area contributed by atoms with Gasteiger partial charge in [0.2, 0.25) is 0 Å². The molecule has 7 nitrogen and oxygen atoms in total. The summed E-state index contributed by atoms with van der Waals surface area (Å²) in [6, 6.07) is 10.4. The van der Waals surface area contributed by atoms with E-state index in [-0.39, 0.29) is 5.82 Å². The van der Waals surface area contributed by atoms with E-state index in [1.807, 2.05) is 24.4 Å². The molecule has 1 fully saturated rings. The van der Waals surface area contributed by atoms with Crippen molar-refractivity contribution in [2.45, 2.75) is 6.92 Å². The van der Waals surface area contributed by atoms with E-state index >= 15 is 0 Å². The maximum atomic E-state index is 13.1. The number of hydrogen-bond donors (Lipinski definition) is 0. The van der Waals surface area contributed by atoms with Crippen molar-refractivity contribution in [3.63, 3.8) is 0 Å². The topological polar surface area (TPSA) is 62.5 Å². The number of anilines is 2. The van der Waals surface area contributed by atoms with Gasteiger partial charge < -0.3 is 9.80 Å². The monoisotopic (exact) mass is 395 g/mol. The Morgan fingerprint density at radius 1 is 0.929 bits per heavy atom. The van der Waals surface area contributed by atoms with E-state index in [2.05, 4.69) is 25.1 Å². The van der Waals surface area contributed by atoms with E-state index in [1.165, 1.54) is 12.1 Å². The van der Waals surface area contributed by atoms with Crippen LogP contribution in [0.2, 0.25) is 0 Å². The largest absolute Gasteiger partial charge is 0.352 e. The molecule has 1 saturated heterocycles. The number of piperazine rings is 1. The first-order valence-electron chi connectivity index (χ1n) is 9.08. The lowest BCUT2D eigenvalue weighted by Gasteiger charge is -2.35. The van der Waals surface area contributed by atoms with Gasteiger partial charge in [-0.1, -0.05) is 0 Å². The number of thiazole rings is 1. The van der Waals surface area contributed by atoms with Crippen LogP contribution in [0.5, 0.6) is 0 Å². The molecule has 0 amide bonds. The van der Waals surface area contributed by atoms with Crippen molar-refractivity contribution in [1.29, 1.82) is 0 Å². The van der Waals surface area contributed by atoms with E-state index in [9.17, 15) is 4.39 Å². The fraction of sp³-hybridized carbons (Fsp3) is 0.263. The Morgan fingerprint density at radius 3 is 2.46 bits per heavy atom. The zero-order valence-electron chi connectivity index (χ0n) is 15.3. The Morgan fingerprint density at radius 2 is 1.68 bits per heavy atom. The maximum absolute atomic E-state index is 13.1. The van der Waals surface area contributed by atoms with Gasteiger partial charge in [-0.05, 0) is 43.3 Å². The number of rotatable bonds is 3. The zero-order chi connectivity index (χ0) is 19.1. The van der Waals surface area contributed by atoms with Crippen molar-refractivity contribution in [3.8, 4) is 11.3 Å². The Kier molecular flexibility index (Phi) is 4.16. The number of hydrogen-bond acceptors (Lipinski definition) is 7. The lowest BCUT2D eigenvalue weighted by Crippen LogP contribution is -2.47. The molecule has 3 aromatic heterocycles. The van der Waals surface area contributed by atoms with E-state index in [0.29, 0.717) is 0 Å². The molecule has 4 heterocycles. The number of fused-ring (bicyclic) bond motifs is 1. The average Bonchev–Trinajstić information content (AvgIpc) is 3.36. The van der Waals surface area contributed by atoms with Crippen LogP contribution in [0.3, 0.4) is 0 Å². The van der Waals surface area contributed by atoms with Crippen LogP contribution in [-0.2, 0) is 0 Å². The van der Waals surface area contributed by atoms with Crippen LogP contribution in [0.4, 0.5) is 15.3 Å². The number of aryl methyl sites for hydroxylation is 1. The first-order valence-corrected chi connectivity index (χ1v) is 9.96. The lowest BCUT2D eigenvalue weighted by atomic mass is 10.2. The summed E-state index contributed by atoms with van der Waals surface area (Å²) in [4.78, 5) is 9.30. The summed E-state index contributed by atoms with van der Waals surface area (Å²) in [5, 5.41) is 15.8. The fourth-order valence-electron chi connectivity index (χ4n) is 3.34. The smallest absolute Gasteiger partial charge is 0.185 e. The summed E-state index contributed by atoms with van der Waals surface area (Å²) < 4.78 is 14.9. The van der Waals surface area contributed by atoms with Gasteiger partial charge in [-0.25, -0.2) is 9.37 Å². The highest BCUT2D eigenvalue weighted by Gasteiger charge is 2.21. The molecular formula is C19H18FN7S. The van der Waals surface area contributed by atoms with Gasteiger partial charge in [-0.2, -0.15) is 4.52 Å². The third kappa shape index (κ3) is 3.07.